The van der Waals surface area contributed by atoms with Crippen molar-refractivity contribution in [3.05, 3.63) is 0 Å². The van der Waals surface area contributed by atoms with E-state index in [0.29, 0.717) is 0 Å². The molecule has 0 radical (unpaired) electrons. The topological polar surface area (TPSA) is 148 Å². The molecule has 0 aromatic carbocycles. The minimum absolute atomic E-state index is 1.07. The Morgan fingerprint density at radius 3 is 1.29 bits per heavy atom. The Balaban J connectivity index is 0. The Kier molecular flexibility index (Phi) is 11.6. The number of phosphoric acid groups is 2. The van der Waals surface area contributed by atoms with Crippen LogP contribution in [-0.2, 0) is 13.4 Å². The third-order valence-corrected chi connectivity index (χ3v) is 2.89. The molecular weight excluding hydrogens is 274 g/mol. The molecule has 6 N–H and O–H groups in total. The third-order valence-electron chi connectivity index (χ3n) is 1.19. The highest BCUT2D eigenvalue weighted by atomic mass is 31.3. The molecule has 11 heteroatoms. The molecule has 0 aromatic rings. The lowest BCUT2D eigenvalue weighted by Gasteiger charge is -2.03. The summed E-state index contributed by atoms with van der Waals surface area (Å²) in [5.74, 6) is 0. The zero-order valence-corrected chi connectivity index (χ0v) is 11.5. The average molecular weight is 294 g/mol. The van der Waals surface area contributed by atoms with Gasteiger partial charge in [0, 0.05) is 13.1 Å². The van der Waals surface area contributed by atoms with Gasteiger partial charge in [-0.2, -0.15) is 4.31 Å². The molecule has 0 bridgehead atoms. The fraction of sp³-hybridized carbons (Fsp3) is 1.00. The van der Waals surface area contributed by atoms with Gasteiger partial charge in [-0.3, -0.25) is 0 Å². The lowest BCUT2D eigenvalue weighted by molar-refractivity contribution is 0.225. The zero-order chi connectivity index (χ0) is 13.9. The van der Waals surface area contributed by atoms with Gasteiger partial charge in [0.2, 0.25) is 0 Å². The van der Waals surface area contributed by atoms with Crippen LogP contribution >= 0.6 is 15.6 Å². The van der Waals surface area contributed by atoms with Crippen LogP contribution in [0.5, 0.6) is 0 Å². The second kappa shape index (κ2) is 10.1. The molecule has 0 aromatic heterocycles. The summed E-state index contributed by atoms with van der Waals surface area (Å²) in [5.41, 5.74) is 0. The molecule has 0 fully saturated rings. The molecule has 0 heterocycles. The van der Waals surface area contributed by atoms with Crippen molar-refractivity contribution in [3.63, 3.8) is 0 Å². The highest BCUT2D eigenvalue weighted by Gasteiger charge is 2.27. The summed E-state index contributed by atoms with van der Waals surface area (Å²) in [5, 5.41) is 6.44. The van der Waals surface area contributed by atoms with Crippen LogP contribution in [0, 0.1) is 0 Å². The summed E-state index contributed by atoms with van der Waals surface area (Å²) in [6, 6.07) is 0. The van der Waals surface area contributed by atoms with E-state index in [1.54, 1.807) is 0 Å². The molecule has 0 amide bonds. The summed E-state index contributed by atoms with van der Waals surface area (Å²) < 4.78 is 22.2. The Bertz CT molecular complexity index is 237. The summed E-state index contributed by atoms with van der Waals surface area (Å²) in [4.78, 5) is 31.0. The van der Waals surface area contributed by atoms with Gasteiger partial charge in [0.25, 0.3) is 0 Å². The van der Waals surface area contributed by atoms with Gasteiger partial charge in [-0.05, 0) is 13.1 Å². The van der Waals surface area contributed by atoms with Crippen LogP contribution in [-0.4, -0.2) is 45.8 Å². The van der Waals surface area contributed by atoms with Gasteiger partial charge in [0.15, 0.2) is 0 Å². The maximum absolute atomic E-state index is 9.63. The van der Waals surface area contributed by atoms with E-state index >= 15 is 0 Å². The minimum Gasteiger partial charge on any atom is -0.316 e. The predicted molar refractivity (Wildman–Crippen MR) is 62.3 cm³/mol. The fourth-order valence-corrected chi connectivity index (χ4v) is 1.78. The largest absolute Gasteiger partial charge is 0.478 e. The standard InChI is InChI=1S/C6H16N2.H4O7P2/c1-3-7-5-6-8-4-2;1-8(2,3)7-9(4,5)6/h7-8H,3-6H2,1-2H3;(H2,1,2,3)(H2,4,5,6). The van der Waals surface area contributed by atoms with Gasteiger partial charge in [-0.15, -0.1) is 0 Å². The molecule has 0 saturated carbocycles. The van der Waals surface area contributed by atoms with E-state index in [9.17, 15) is 9.13 Å². The zero-order valence-electron chi connectivity index (χ0n) is 9.74. The Hall–Kier alpha value is 0.180. The lowest BCUT2D eigenvalue weighted by atomic mass is 10.6. The SMILES string of the molecule is CCNCCNCC.O=P(O)(O)OP(=O)(O)O. The van der Waals surface area contributed by atoms with E-state index < -0.39 is 15.6 Å². The van der Waals surface area contributed by atoms with Crippen LogP contribution in [0.1, 0.15) is 13.8 Å². The van der Waals surface area contributed by atoms with Gasteiger partial charge < -0.3 is 30.2 Å². The van der Waals surface area contributed by atoms with Crippen molar-refractivity contribution < 1.29 is 33.0 Å². The molecule has 17 heavy (non-hydrogen) atoms. The van der Waals surface area contributed by atoms with E-state index in [-0.39, 0.29) is 0 Å². The summed E-state index contributed by atoms with van der Waals surface area (Å²) in [7, 11) is -10.1. The number of nitrogens with one attached hydrogen (secondary N) is 2. The number of hydrogen-bond donors (Lipinski definition) is 6. The summed E-state index contributed by atoms with van der Waals surface area (Å²) >= 11 is 0. The highest BCUT2D eigenvalue weighted by Crippen LogP contribution is 2.53. The Labute approximate surface area is 100 Å². The normalized spacial score (nSPS) is 11.9. The van der Waals surface area contributed by atoms with Crippen LogP contribution < -0.4 is 10.6 Å². The van der Waals surface area contributed by atoms with E-state index in [1.165, 1.54) is 0 Å². The molecule has 0 rings (SSSR count). The van der Waals surface area contributed by atoms with Crippen molar-refractivity contribution in [2.45, 2.75) is 13.8 Å². The van der Waals surface area contributed by atoms with Crippen molar-refractivity contribution in [2.75, 3.05) is 26.2 Å². The number of hydrogen-bond acceptors (Lipinski definition) is 5. The van der Waals surface area contributed by atoms with E-state index in [2.05, 4.69) is 28.8 Å². The molecule has 0 aliphatic rings. The first-order valence-electron chi connectivity index (χ1n) is 4.86. The molecule has 106 valence electrons. The minimum atomic E-state index is -5.05. The first-order chi connectivity index (χ1) is 7.62. The van der Waals surface area contributed by atoms with Crippen molar-refractivity contribution in [1.29, 1.82) is 0 Å². The van der Waals surface area contributed by atoms with Gasteiger partial charge >= 0.3 is 15.6 Å². The Morgan fingerprint density at radius 1 is 0.882 bits per heavy atom. The van der Waals surface area contributed by atoms with Crippen molar-refractivity contribution >= 4 is 15.6 Å². The van der Waals surface area contributed by atoms with Gasteiger partial charge in [0.1, 0.15) is 0 Å². The van der Waals surface area contributed by atoms with Gasteiger partial charge in [0.05, 0.1) is 0 Å². The molecule has 0 spiro atoms. The van der Waals surface area contributed by atoms with Crippen molar-refractivity contribution in [2.24, 2.45) is 0 Å². The molecule has 0 unspecified atom stereocenters. The maximum atomic E-state index is 9.63. The van der Waals surface area contributed by atoms with E-state index in [1.807, 2.05) is 0 Å². The summed E-state index contributed by atoms with van der Waals surface area (Å²) in [6.07, 6.45) is 0. The average Bonchev–Trinajstić information content (AvgIpc) is 2.07. The third kappa shape index (κ3) is 26.0. The predicted octanol–water partition coefficient (Wildman–Crippen LogP) is -0.606. The first-order valence-corrected chi connectivity index (χ1v) is 7.92. The number of rotatable bonds is 7. The fourth-order valence-electron chi connectivity index (χ4n) is 0.669. The van der Waals surface area contributed by atoms with Gasteiger partial charge in [-0.1, -0.05) is 13.8 Å². The quantitative estimate of drug-likeness (QED) is 0.267. The van der Waals surface area contributed by atoms with Crippen LogP contribution in [0.4, 0.5) is 0 Å². The molecule has 0 saturated heterocycles. The van der Waals surface area contributed by atoms with Crippen LogP contribution in [0.2, 0.25) is 0 Å². The summed E-state index contributed by atoms with van der Waals surface area (Å²) in [6.45, 7) is 8.56. The van der Waals surface area contributed by atoms with Crippen molar-refractivity contribution in [1.82, 2.24) is 10.6 Å². The molecular formula is C6H20N2O7P2. The van der Waals surface area contributed by atoms with Crippen molar-refractivity contribution in [3.8, 4) is 0 Å². The molecule has 0 atom stereocenters. The molecule has 0 aliphatic heterocycles. The maximum Gasteiger partial charge on any atom is 0.478 e. The van der Waals surface area contributed by atoms with Crippen LogP contribution in [0.3, 0.4) is 0 Å². The second-order valence-electron chi connectivity index (χ2n) is 2.77. The number of likely N-dealkylation sites (N-methyl/N-ethyl adjacent to an activating group) is 2. The molecule has 9 nitrogen and oxygen atoms in total. The smallest absolute Gasteiger partial charge is 0.316 e. The molecule has 0 aliphatic carbocycles. The van der Waals surface area contributed by atoms with Crippen LogP contribution in [0.25, 0.3) is 0 Å². The van der Waals surface area contributed by atoms with E-state index in [0.717, 1.165) is 26.2 Å². The second-order valence-corrected chi connectivity index (χ2v) is 5.39. The lowest BCUT2D eigenvalue weighted by Crippen LogP contribution is -2.26. The van der Waals surface area contributed by atoms with Gasteiger partial charge in [-0.25, -0.2) is 9.13 Å². The first kappa shape index (κ1) is 19.5. The van der Waals surface area contributed by atoms with Crippen LogP contribution in [0.15, 0.2) is 0 Å². The van der Waals surface area contributed by atoms with E-state index in [4.69, 9.17) is 19.6 Å². The Morgan fingerprint density at radius 2 is 1.18 bits per heavy atom. The highest BCUT2D eigenvalue weighted by molar-refractivity contribution is 7.60. The monoisotopic (exact) mass is 294 g/mol.